The van der Waals surface area contributed by atoms with Crippen molar-refractivity contribution >= 4 is 40.9 Å². The van der Waals surface area contributed by atoms with Gasteiger partial charge in [-0.15, -0.1) is 11.8 Å². The molecule has 1 atom stereocenters. The fourth-order valence-electron chi connectivity index (χ4n) is 1.63. The lowest BCUT2D eigenvalue weighted by atomic mass is 9.98. The van der Waals surface area contributed by atoms with Crippen molar-refractivity contribution in [1.29, 1.82) is 0 Å². The van der Waals surface area contributed by atoms with Gasteiger partial charge in [0.15, 0.2) is 0 Å². The Hall–Kier alpha value is -0.420. The van der Waals surface area contributed by atoms with E-state index in [9.17, 15) is 4.79 Å². The third-order valence-electron chi connectivity index (χ3n) is 2.87. The molecule has 6 heteroatoms. The van der Waals surface area contributed by atoms with Gasteiger partial charge in [-0.2, -0.15) is 0 Å². The molecule has 0 saturated carbocycles. The molecule has 1 aromatic rings. The van der Waals surface area contributed by atoms with Crippen LogP contribution in [0.3, 0.4) is 0 Å². The number of amides is 1. The lowest BCUT2D eigenvalue weighted by Gasteiger charge is -2.26. The van der Waals surface area contributed by atoms with E-state index in [2.05, 4.69) is 5.32 Å². The predicted octanol–water partition coefficient (Wildman–Crippen LogP) is 3.33. The molecule has 0 aliphatic carbocycles. The van der Waals surface area contributed by atoms with Gasteiger partial charge in [-0.05, 0) is 38.1 Å². The van der Waals surface area contributed by atoms with Crippen LogP contribution in [0.1, 0.15) is 20.3 Å². The van der Waals surface area contributed by atoms with Crippen LogP contribution in [0.4, 0.5) is 0 Å². The van der Waals surface area contributed by atoms with Crippen molar-refractivity contribution < 1.29 is 4.79 Å². The lowest BCUT2D eigenvalue weighted by molar-refractivity contribution is -0.123. The van der Waals surface area contributed by atoms with Crippen LogP contribution in [0.25, 0.3) is 0 Å². The third-order valence-corrected chi connectivity index (χ3v) is 4.61. The maximum Gasteiger partial charge on any atom is 0.237 e. The van der Waals surface area contributed by atoms with E-state index in [0.29, 0.717) is 23.0 Å². The first-order chi connectivity index (χ1) is 8.89. The van der Waals surface area contributed by atoms with Crippen LogP contribution in [0.15, 0.2) is 23.1 Å². The highest BCUT2D eigenvalue weighted by Gasteiger charge is 2.29. The fraction of sp³-hybridized carbons (Fsp3) is 0.462. The average Bonchev–Trinajstić information content (AvgIpc) is 2.34. The van der Waals surface area contributed by atoms with Crippen LogP contribution < -0.4 is 11.1 Å². The van der Waals surface area contributed by atoms with Crippen molar-refractivity contribution in [3.05, 3.63) is 28.2 Å². The van der Waals surface area contributed by atoms with Crippen LogP contribution in [-0.2, 0) is 4.79 Å². The minimum Gasteiger partial charge on any atom is -0.368 e. The van der Waals surface area contributed by atoms with Gasteiger partial charge in [0.25, 0.3) is 0 Å². The number of carbonyl (C=O) groups is 1. The van der Waals surface area contributed by atoms with E-state index >= 15 is 0 Å². The first kappa shape index (κ1) is 16.6. The Bertz CT molecular complexity index is 456. The van der Waals surface area contributed by atoms with Crippen LogP contribution in [0.5, 0.6) is 0 Å². The van der Waals surface area contributed by atoms with Gasteiger partial charge in [-0.1, -0.05) is 30.1 Å². The van der Waals surface area contributed by atoms with Crippen LogP contribution in [-0.4, -0.2) is 23.7 Å². The van der Waals surface area contributed by atoms with Gasteiger partial charge in [0.2, 0.25) is 5.91 Å². The lowest BCUT2D eigenvalue weighted by Crippen LogP contribution is -2.53. The van der Waals surface area contributed by atoms with Crippen molar-refractivity contribution in [3.63, 3.8) is 0 Å². The molecule has 0 heterocycles. The number of halogens is 2. The second-order valence-corrected chi connectivity index (χ2v) is 6.38. The Labute approximate surface area is 128 Å². The summed E-state index contributed by atoms with van der Waals surface area (Å²) in [4.78, 5) is 12.5. The Morgan fingerprint density at radius 1 is 1.42 bits per heavy atom. The number of carbonyl (C=O) groups excluding carboxylic acids is 1. The summed E-state index contributed by atoms with van der Waals surface area (Å²) in [6, 6.07) is 5.50. The zero-order valence-electron chi connectivity index (χ0n) is 11.0. The van der Waals surface area contributed by atoms with Crippen molar-refractivity contribution in [3.8, 4) is 0 Å². The summed E-state index contributed by atoms with van der Waals surface area (Å²) in [5.41, 5.74) is 4.76. The summed E-state index contributed by atoms with van der Waals surface area (Å²) < 4.78 is 0. The van der Waals surface area contributed by atoms with Crippen LogP contribution in [0.2, 0.25) is 10.0 Å². The number of hydrogen-bond donors (Lipinski definition) is 2. The van der Waals surface area contributed by atoms with Gasteiger partial charge in [0.1, 0.15) is 0 Å². The standard InChI is InChI=1S/C13H18Cl2N2OS/c1-3-17-13(2,12(16)18)6-7-19-9-4-5-10(14)11(15)8-9/h4-5,8,17H,3,6-7H2,1-2H3,(H2,16,18). The number of nitrogens with two attached hydrogens (primary N) is 1. The molecule has 1 rings (SSSR count). The minimum atomic E-state index is -0.669. The highest BCUT2D eigenvalue weighted by atomic mass is 35.5. The molecule has 1 amide bonds. The second-order valence-electron chi connectivity index (χ2n) is 4.40. The molecule has 1 unspecified atom stereocenters. The highest BCUT2D eigenvalue weighted by Crippen LogP contribution is 2.29. The molecule has 3 nitrogen and oxygen atoms in total. The Kier molecular flexibility index (Phi) is 6.47. The molecule has 3 N–H and O–H groups in total. The van der Waals surface area contributed by atoms with E-state index in [1.54, 1.807) is 17.8 Å². The maximum atomic E-state index is 11.5. The number of nitrogens with one attached hydrogen (secondary N) is 1. The van der Waals surface area contributed by atoms with Crippen molar-refractivity contribution in [2.24, 2.45) is 5.73 Å². The Balaban J connectivity index is 2.57. The normalized spacial score (nSPS) is 14.1. The molecule has 0 spiro atoms. The van der Waals surface area contributed by atoms with Gasteiger partial charge >= 0.3 is 0 Å². The highest BCUT2D eigenvalue weighted by molar-refractivity contribution is 7.99. The van der Waals surface area contributed by atoms with Crippen molar-refractivity contribution in [1.82, 2.24) is 5.32 Å². The van der Waals surface area contributed by atoms with E-state index in [1.807, 2.05) is 26.0 Å². The topological polar surface area (TPSA) is 55.1 Å². The SMILES string of the molecule is CCNC(C)(CCSc1ccc(Cl)c(Cl)c1)C(N)=O. The summed E-state index contributed by atoms with van der Waals surface area (Å²) in [5, 5.41) is 4.21. The number of hydrogen-bond acceptors (Lipinski definition) is 3. The predicted molar refractivity (Wildman–Crippen MR) is 83.1 cm³/mol. The smallest absolute Gasteiger partial charge is 0.237 e. The zero-order chi connectivity index (χ0) is 14.5. The molecular weight excluding hydrogens is 303 g/mol. The molecular formula is C13H18Cl2N2OS. The second kappa shape index (κ2) is 7.39. The summed E-state index contributed by atoms with van der Waals surface area (Å²) in [7, 11) is 0. The monoisotopic (exact) mass is 320 g/mol. The molecule has 0 aliphatic rings. The van der Waals surface area contributed by atoms with E-state index in [1.165, 1.54) is 0 Å². The van der Waals surface area contributed by atoms with Crippen molar-refractivity contribution in [2.75, 3.05) is 12.3 Å². The van der Waals surface area contributed by atoms with Gasteiger partial charge in [0.05, 0.1) is 15.6 Å². The first-order valence-corrected chi connectivity index (χ1v) is 7.76. The molecule has 19 heavy (non-hydrogen) atoms. The molecule has 0 aromatic heterocycles. The number of primary amides is 1. The number of rotatable bonds is 7. The van der Waals surface area contributed by atoms with Crippen LogP contribution >= 0.6 is 35.0 Å². The zero-order valence-corrected chi connectivity index (χ0v) is 13.3. The quantitative estimate of drug-likeness (QED) is 0.758. The molecule has 0 fully saturated rings. The number of thioether (sulfide) groups is 1. The number of benzene rings is 1. The summed E-state index contributed by atoms with van der Waals surface area (Å²) >= 11 is 13.4. The molecule has 0 bridgehead atoms. The average molecular weight is 321 g/mol. The summed E-state index contributed by atoms with van der Waals surface area (Å²) in [6.07, 6.45) is 0.654. The molecule has 1 aromatic carbocycles. The van der Waals surface area contributed by atoms with E-state index in [0.717, 1.165) is 10.6 Å². The minimum absolute atomic E-state index is 0.330. The van der Waals surface area contributed by atoms with Gasteiger partial charge < -0.3 is 11.1 Å². The molecule has 0 saturated heterocycles. The largest absolute Gasteiger partial charge is 0.368 e. The van der Waals surface area contributed by atoms with E-state index in [-0.39, 0.29) is 5.91 Å². The Morgan fingerprint density at radius 2 is 2.11 bits per heavy atom. The van der Waals surface area contributed by atoms with Crippen molar-refractivity contribution in [2.45, 2.75) is 30.7 Å². The molecule has 0 radical (unpaired) electrons. The third kappa shape index (κ3) is 4.88. The van der Waals surface area contributed by atoms with Gasteiger partial charge in [0, 0.05) is 10.6 Å². The van der Waals surface area contributed by atoms with Gasteiger partial charge in [-0.3, -0.25) is 4.79 Å². The number of likely N-dealkylation sites (N-methyl/N-ethyl adjacent to an activating group) is 1. The Morgan fingerprint density at radius 3 is 2.63 bits per heavy atom. The maximum absolute atomic E-state index is 11.5. The summed E-state index contributed by atoms with van der Waals surface area (Å²) in [6.45, 7) is 4.48. The molecule has 0 aliphatic heterocycles. The molecule has 106 valence electrons. The van der Waals surface area contributed by atoms with Crippen LogP contribution in [0, 0.1) is 0 Å². The first-order valence-electron chi connectivity index (χ1n) is 6.02. The van der Waals surface area contributed by atoms with E-state index in [4.69, 9.17) is 28.9 Å². The van der Waals surface area contributed by atoms with Gasteiger partial charge in [-0.25, -0.2) is 0 Å². The van der Waals surface area contributed by atoms with E-state index < -0.39 is 5.54 Å². The fourth-order valence-corrected chi connectivity index (χ4v) is 3.10. The summed E-state index contributed by atoms with van der Waals surface area (Å²) in [5.74, 6) is 0.439.